The normalized spacial score (nSPS) is 26.2. The van der Waals surface area contributed by atoms with Gasteiger partial charge in [-0.05, 0) is 26.7 Å². The van der Waals surface area contributed by atoms with E-state index in [1.807, 2.05) is 13.8 Å². The molecular formula is C10H17N3O. The zero-order chi connectivity index (χ0) is 10.1. The molecular weight excluding hydrogens is 178 g/mol. The Kier molecular flexibility index (Phi) is 2.56. The first kappa shape index (κ1) is 9.68. The third-order valence-corrected chi connectivity index (χ3v) is 2.96. The zero-order valence-electron chi connectivity index (χ0n) is 8.67. The molecule has 78 valence electrons. The molecule has 0 aromatic carbocycles. The highest BCUT2D eigenvalue weighted by atomic mass is 16.3. The van der Waals surface area contributed by atoms with E-state index in [2.05, 4.69) is 15.5 Å². The number of nitrogens with zero attached hydrogens (tertiary/aromatic N) is 1. The van der Waals surface area contributed by atoms with Gasteiger partial charge >= 0.3 is 0 Å². The molecule has 0 atom stereocenters. The molecule has 1 aliphatic rings. The maximum absolute atomic E-state index is 9.13. The van der Waals surface area contributed by atoms with Crippen LogP contribution >= 0.6 is 0 Å². The Morgan fingerprint density at radius 3 is 2.71 bits per heavy atom. The summed E-state index contributed by atoms with van der Waals surface area (Å²) in [7, 11) is 0. The summed E-state index contributed by atoms with van der Waals surface area (Å²) in [5.74, 6) is 0. The van der Waals surface area contributed by atoms with E-state index >= 15 is 0 Å². The van der Waals surface area contributed by atoms with Gasteiger partial charge in [0.15, 0.2) is 0 Å². The molecule has 0 saturated heterocycles. The van der Waals surface area contributed by atoms with Crippen LogP contribution in [-0.4, -0.2) is 27.4 Å². The number of nitrogens with one attached hydrogen (secondary N) is 2. The Morgan fingerprint density at radius 2 is 2.21 bits per heavy atom. The predicted octanol–water partition coefficient (Wildman–Crippen LogP) is 0.639. The molecule has 14 heavy (non-hydrogen) atoms. The minimum absolute atomic E-state index is 0.0842. The number of aromatic nitrogens is 2. The predicted molar refractivity (Wildman–Crippen MR) is 53.9 cm³/mol. The van der Waals surface area contributed by atoms with Crippen LogP contribution in [0.3, 0.4) is 0 Å². The van der Waals surface area contributed by atoms with Crippen molar-refractivity contribution in [1.29, 1.82) is 0 Å². The standard InChI is InChI=1S/C10H17N3O/c1-6-10(7(2)13-12-6)5-11-8-3-9(14)4-8/h8-9,11,14H,3-5H2,1-2H3,(H,12,13). The van der Waals surface area contributed by atoms with Gasteiger partial charge in [-0.2, -0.15) is 5.10 Å². The van der Waals surface area contributed by atoms with Crippen LogP contribution < -0.4 is 5.32 Å². The third kappa shape index (κ3) is 1.81. The second-order valence-corrected chi connectivity index (χ2v) is 4.12. The summed E-state index contributed by atoms with van der Waals surface area (Å²) < 4.78 is 0. The highest BCUT2D eigenvalue weighted by molar-refractivity contribution is 5.22. The SMILES string of the molecule is Cc1n[nH]c(C)c1CNC1CC(O)C1. The molecule has 1 aliphatic carbocycles. The molecule has 0 bridgehead atoms. The van der Waals surface area contributed by atoms with E-state index in [9.17, 15) is 0 Å². The fraction of sp³-hybridized carbons (Fsp3) is 0.700. The molecule has 0 radical (unpaired) electrons. The minimum Gasteiger partial charge on any atom is -0.393 e. The lowest BCUT2D eigenvalue weighted by molar-refractivity contribution is 0.0619. The summed E-state index contributed by atoms with van der Waals surface area (Å²) in [6.07, 6.45) is 1.69. The van der Waals surface area contributed by atoms with Crippen LogP contribution in [0.25, 0.3) is 0 Å². The second-order valence-electron chi connectivity index (χ2n) is 4.12. The van der Waals surface area contributed by atoms with Crippen molar-refractivity contribution in [2.75, 3.05) is 0 Å². The van der Waals surface area contributed by atoms with Gasteiger partial charge in [-0.25, -0.2) is 0 Å². The Labute approximate surface area is 83.7 Å². The van der Waals surface area contributed by atoms with Crippen molar-refractivity contribution in [1.82, 2.24) is 15.5 Å². The van der Waals surface area contributed by atoms with Gasteiger partial charge in [-0.3, -0.25) is 5.10 Å². The van der Waals surface area contributed by atoms with E-state index in [4.69, 9.17) is 5.11 Å². The van der Waals surface area contributed by atoms with Crippen LogP contribution in [0, 0.1) is 13.8 Å². The van der Waals surface area contributed by atoms with Crippen LogP contribution in [-0.2, 0) is 6.54 Å². The largest absolute Gasteiger partial charge is 0.393 e. The average molecular weight is 195 g/mol. The summed E-state index contributed by atoms with van der Waals surface area (Å²) in [6, 6.07) is 0.485. The number of rotatable bonds is 3. The van der Waals surface area contributed by atoms with Gasteiger partial charge in [-0.15, -0.1) is 0 Å². The highest BCUT2D eigenvalue weighted by Gasteiger charge is 2.26. The number of H-pyrrole nitrogens is 1. The van der Waals surface area contributed by atoms with E-state index in [1.54, 1.807) is 0 Å². The van der Waals surface area contributed by atoms with Crippen molar-refractivity contribution in [2.24, 2.45) is 0 Å². The quantitative estimate of drug-likeness (QED) is 0.663. The van der Waals surface area contributed by atoms with Gasteiger partial charge in [0.05, 0.1) is 11.8 Å². The number of aliphatic hydroxyl groups excluding tert-OH is 1. The lowest BCUT2D eigenvalue weighted by atomic mass is 9.89. The van der Waals surface area contributed by atoms with Crippen LogP contribution in [0.4, 0.5) is 0 Å². The molecule has 3 N–H and O–H groups in total. The average Bonchev–Trinajstić information content (AvgIpc) is 2.40. The van der Waals surface area contributed by atoms with E-state index < -0.39 is 0 Å². The fourth-order valence-corrected chi connectivity index (χ4v) is 1.84. The molecule has 4 nitrogen and oxygen atoms in total. The Balaban J connectivity index is 1.86. The summed E-state index contributed by atoms with van der Waals surface area (Å²) in [6.45, 7) is 4.90. The Bertz CT molecular complexity index is 296. The van der Waals surface area contributed by atoms with E-state index in [-0.39, 0.29) is 6.10 Å². The van der Waals surface area contributed by atoms with Crippen molar-refractivity contribution in [3.05, 3.63) is 17.0 Å². The maximum atomic E-state index is 9.13. The first-order valence-electron chi connectivity index (χ1n) is 5.08. The van der Waals surface area contributed by atoms with Crippen molar-refractivity contribution < 1.29 is 5.11 Å². The van der Waals surface area contributed by atoms with Gasteiger partial charge in [0.1, 0.15) is 0 Å². The van der Waals surface area contributed by atoms with Gasteiger partial charge in [0.2, 0.25) is 0 Å². The number of aromatic amines is 1. The van der Waals surface area contributed by atoms with E-state index in [0.717, 1.165) is 30.8 Å². The fourth-order valence-electron chi connectivity index (χ4n) is 1.84. The molecule has 1 heterocycles. The van der Waals surface area contributed by atoms with Crippen LogP contribution in [0.1, 0.15) is 29.8 Å². The molecule has 0 spiro atoms. The maximum Gasteiger partial charge on any atom is 0.0638 e. The summed E-state index contributed by atoms with van der Waals surface area (Å²) in [4.78, 5) is 0. The topological polar surface area (TPSA) is 60.9 Å². The lowest BCUT2D eigenvalue weighted by Gasteiger charge is -2.32. The number of hydrogen-bond acceptors (Lipinski definition) is 3. The molecule has 1 saturated carbocycles. The van der Waals surface area contributed by atoms with Crippen molar-refractivity contribution in [3.63, 3.8) is 0 Å². The smallest absolute Gasteiger partial charge is 0.0638 e. The Morgan fingerprint density at radius 1 is 1.50 bits per heavy atom. The molecule has 1 aromatic rings. The molecule has 0 aliphatic heterocycles. The molecule has 0 amide bonds. The van der Waals surface area contributed by atoms with Gasteiger partial charge in [0, 0.05) is 23.8 Å². The number of aryl methyl sites for hydroxylation is 2. The van der Waals surface area contributed by atoms with Gasteiger partial charge < -0.3 is 10.4 Å². The highest BCUT2D eigenvalue weighted by Crippen LogP contribution is 2.20. The van der Waals surface area contributed by atoms with Crippen molar-refractivity contribution in [2.45, 2.75) is 45.4 Å². The van der Waals surface area contributed by atoms with Gasteiger partial charge in [-0.1, -0.05) is 0 Å². The Hall–Kier alpha value is -0.870. The summed E-state index contributed by atoms with van der Waals surface area (Å²) in [5.41, 5.74) is 3.45. The molecule has 1 fully saturated rings. The van der Waals surface area contributed by atoms with Crippen LogP contribution in [0.5, 0.6) is 0 Å². The van der Waals surface area contributed by atoms with Gasteiger partial charge in [0.25, 0.3) is 0 Å². The number of hydrogen-bond donors (Lipinski definition) is 3. The molecule has 2 rings (SSSR count). The number of aliphatic hydroxyl groups is 1. The monoisotopic (exact) mass is 195 g/mol. The zero-order valence-corrected chi connectivity index (χ0v) is 8.67. The first-order chi connectivity index (χ1) is 6.66. The molecule has 1 aromatic heterocycles. The first-order valence-corrected chi connectivity index (χ1v) is 5.08. The summed E-state index contributed by atoms with van der Waals surface area (Å²) >= 11 is 0. The summed E-state index contributed by atoms with van der Waals surface area (Å²) in [5, 5.41) is 19.6. The van der Waals surface area contributed by atoms with Crippen molar-refractivity contribution in [3.8, 4) is 0 Å². The van der Waals surface area contributed by atoms with Crippen LogP contribution in [0.15, 0.2) is 0 Å². The second kappa shape index (κ2) is 3.71. The van der Waals surface area contributed by atoms with E-state index in [0.29, 0.717) is 6.04 Å². The molecule has 4 heteroatoms. The van der Waals surface area contributed by atoms with E-state index in [1.165, 1.54) is 5.56 Å². The molecule has 0 unspecified atom stereocenters. The third-order valence-electron chi connectivity index (χ3n) is 2.96. The minimum atomic E-state index is -0.0842. The van der Waals surface area contributed by atoms with Crippen molar-refractivity contribution >= 4 is 0 Å². The lowest BCUT2D eigenvalue weighted by Crippen LogP contribution is -2.43. The van der Waals surface area contributed by atoms with Crippen LogP contribution in [0.2, 0.25) is 0 Å².